The van der Waals surface area contributed by atoms with E-state index >= 15 is 0 Å². The fourth-order valence-corrected chi connectivity index (χ4v) is 6.32. The maximum Gasteiger partial charge on any atom is 1.00 e. The SMILES string of the molecule is NC(=O)CCCC(Sc1nnn[nH]1)C1=C(C(=O)[O-])N2C(=O)C(NC(=O)CSC(F)(F)F)[C@@H]2SC1.[Na+]. The van der Waals surface area contributed by atoms with Crippen molar-refractivity contribution in [3.63, 3.8) is 0 Å². The number of nitrogens with one attached hydrogen (secondary N) is 2. The number of carbonyl (C=O) groups excluding carboxylic acids is 4. The Kier molecular flexibility index (Phi) is 10.8. The molecule has 2 unspecified atom stereocenters. The van der Waals surface area contributed by atoms with Crippen molar-refractivity contribution in [3.8, 4) is 0 Å². The Morgan fingerprint density at radius 3 is 2.66 bits per heavy atom. The number of alkyl halides is 3. The van der Waals surface area contributed by atoms with Gasteiger partial charge in [-0.25, -0.2) is 5.10 Å². The first-order valence-electron chi connectivity index (χ1n) is 9.55. The van der Waals surface area contributed by atoms with Crippen LogP contribution in [-0.2, 0) is 19.2 Å². The van der Waals surface area contributed by atoms with E-state index in [1.807, 2.05) is 0 Å². The first-order chi connectivity index (χ1) is 16.0. The summed E-state index contributed by atoms with van der Waals surface area (Å²) in [6.45, 7) is 0. The molecular formula is C16H17F3N7NaO5S3. The second-order valence-electron chi connectivity index (χ2n) is 7.02. The van der Waals surface area contributed by atoms with Gasteiger partial charge >= 0.3 is 35.1 Å². The zero-order valence-electron chi connectivity index (χ0n) is 18.0. The Morgan fingerprint density at radius 2 is 2.09 bits per heavy atom. The summed E-state index contributed by atoms with van der Waals surface area (Å²) < 4.78 is 36.9. The number of nitrogens with zero attached hydrogens (tertiary/aromatic N) is 4. The van der Waals surface area contributed by atoms with Crippen molar-refractivity contribution in [2.45, 2.75) is 46.6 Å². The Bertz CT molecular complexity index is 998. The van der Waals surface area contributed by atoms with Gasteiger partial charge in [0, 0.05) is 17.4 Å². The van der Waals surface area contributed by atoms with Gasteiger partial charge in [-0.3, -0.25) is 19.3 Å². The predicted molar refractivity (Wildman–Crippen MR) is 112 cm³/mol. The Balaban J connectivity index is 0.00000432. The molecule has 1 aromatic rings. The number of primary amides is 1. The van der Waals surface area contributed by atoms with Crippen LogP contribution < -0.4 is 45.7 Å². The molecule has 0 aromatic carbocycles. The minimum Gasteiger partial charge on any atom is -0.543 e. The molecule has 1 fully saturated rings. The summed E-state index contributed by atoms with van der Waals surface area (Å²) in [6.07, 6.45) is 0.695. The predicted octanol–water partition coefficient (Wildman–Crippen LogP) is -4.02. The number of aromatic amines is 1. The van der Waals surface area contributed by atoms with Crippen LogP contribution in [0.15, 0.2) is 16.4 Å². The molecule has 0 radical (unpaired) electrons. The third kappa shape index (κ3) is 7.75. The van der Waals surface area contributed by atoms with E-state index in [2.05, 4.69) is 25.9 Å². The van der Waals surface area contributed by atoms with Crippen molar-refractivity contribution in [1.29, 1.82) is 0 Å². The van der Waals surface area contributed by atoms with E-state index < -0.39 is 63.4 Å². The van der Waals surface area contributed by atoms with E-state index in [1.54, 1.807) is 0 Å². The molecule has 3 rings (SSSR count). The average molecular weight is 564 g/mol. The molecule has 3 atom stereocenters. The molecule has 19 heteroatoms. The van der Waals surface area contributed by atoms with E-state index in [-0.39, 0.29) is 52.6 Å². The van der Waals surface area contributed by atoms with Crippen LogP contribution in [0, 0.1) is 0 Å². The zero-order chi connectivity index (χ0) is 25.0. The number of fused-ring (bicyclic) bond motifs is 1. The molecule has 2 aliphatic heterocycles. The fraction of sp³-hybridized carbons (Fsp3) is 0.562. The van der Waals surface area contributed by atoms with Crippen molar-refractivity contribution in [2.75, 3.05) is 11.5 Å². The third-order valence-electron chi connectivity index (χ3n) is 4.73. The largest absolute Gasteiger partial charge is 1.00 e. The summed E-state index contributed by atoms with van der Waals surface area (Å²) in [6, 6.07) is -1.17. The number of carbonyl (C=O) groups is 4. The Hall–Kier alpha value is -1.47. The second kappa shape index (κ2) is 12.7. The maximum atomic E-state index is 12.7. The number of rotatable bonds is 11. The van der Waals surface area contributed by atoms with Gasteiger partial charge in [0.1, 0.15) is 11.4 Å². The number of carboxylic acids is 1. The number of β-lactam (4-membered cyclic amide) rings is 1. The molecule has 186 valence electrons. The van der Waals surface area contributed by atoms with E-state index in [0.717, 1.165) is 28.4 Å². The van der Waals surface area contributed by atoms with Gasteiger partial charge in [-0.05, 0) is 40.6 Å². The van der Waals surface area contributed by atoms with Crippen molar-refractivity contribution >= 4 is 59.0 Å². The topological polar surface area (TPSA) is 187 Å². The number of aliphatic carboxylic acids is 1. The molecule has 0 bridgehead atoms. The van der Waals surface area contributed by atoms with Crippen LogP contribution in [0.5, 0.6) is 0 Å². The summed E-state index contributed by atoms with van der Waals surface area (Å²) in [4.78, 5) is 48.6. The quantitative estimate of drug-likeness (QED) is 0.135. The molecule has 12 nitrogen and oxygen atoms in total. The van der Waals surface area contributed by atoms with E-state index in [9.17, 15) is 37.5 Å². The summed E-state index contributed by atoms with van der Waals surface area (Å²) in [7, 11) is 0. The Labute approximate surface area is 230 Å². The summed E-state index contributed by atoms with van der Waals surface area (Å²) >= 11 is 1.70. The number of amides is 3. The third-order valence-corrected chi connectivity index (χ3v) is 7.97. The number of nitrogens with two attached hydrogens (primary N) is 1. The molecule has 0 saturated carbocycles. The normalized spacial score (nSPS) is 20.4. The van der Waals surface area contributed by atoms with Gasteiger partial charge in [0.2, 0.25) is 17.0 Å². The number of hydrogen-bond donors (Lipinski definition) is 3. The van der Waals surface area contributed by atoms with E-state index in [4.69, 9.17) is 5.73 Å². The van der Waals surface area contributed by atoms with Crippen LogP contribution >= 0.6 is 35.3 Å². The number of thioether (sulfide) groups is 3. The number of aromatic nitrogens is 4. The standard InChI is InChI=1S/C16H18F3N7O5S3.Na/c17-16(18,19)33-5-9(28)21-10-12(29)26-11(14(30)31)6(4-32-13(10)26)7(2-1-3-8(20)27)34-15-22-24-25-23-15;/h7,10,13H,1-5H2,(H2,20,27)(H,21,28)(H,30,31)(H,22,23,24,25);/q;+1/p-1/t7?,10?,13-;/m0./s1. The molecule has 1 aromatic heterocycles. The Morgan fingerprint density at radius 1 is 1.37 bits per heavy atom. The number of hydrogen-bond acceptors (Lipinski definition) is 11. The van der Waals surface area contributed by atoms with Gasteiger partial charge in [0.15, 0.2) is 0 Å². The van der Waals surface area contributed by atoms with E-state index in [1.165, 1.54) is 0 Å². The minimum absolute atomic E-state index is 0. The van der Waals surface area contributed by atoms with Gasteiger partial charge in [-0.2, -0.15) is 13.2 Å². The van der Waals surface area contributed by atoms with Crippen molar-refractivity contribution in [3.05, 3.63) is 11.3 Å². The van der Waals surface area contributed by atoms with Crippen LogP contribution in [-0.4, -0.2) is 82.9 Å². The van der Waals surface area contributed by atoms with Crippen LogP contribution in [0.2, 0.25) is 0 Å². The molecule has 1 saturated heterocycles. The van der Waals surface area contributed by atoms with E-state index in [0.29, 0.717) is 18.4 Å². The number of carboxylic acid groups (broad SMARTS) is 1. The van der Waals surface area contributed by atoms with Crippen molar-refractivity contribution in [2.24, 2.45) is 5.73 Å². The van der Waals surface area contributed by atoms with Crippen molar-refractivity contribution in [1.82, 2.24) is 30.8 Å². The molecule has 0 spiro atoms. The maximum absolute atomic E-state index is 12.7. The summed E-state index contributed by atoms with van der Waals surface area (Å²) in [5.41, 5.74) is 0.526. The van der Waals surface area contributed by atoms with Crippen LogP contribution in [0.25, 0.3) is 0 Å². The van der Waals surface area contributed by atoms with Crippen LogP contribution in [0.3, 0.4) is 0 Å². The minimum atomic E-state index is -4.60. The smallest absolute Gasteiger partial charge is 0.543 e. The average Bonchev–Trinajstić information content (AvgIpc) is 3.26. The number of H-pyrrole nitrogens is 1. The molecular weight excluding hydrogens is 546 g/mol. The summed E-state index contributed by atoms with van der Waals surface area (Å²) in [5, 5.41) is 26.4. The first-order valence-corrected chi connectivity index (χ1v) is 12.5. The molecule has 3 heterocycles. The van der Waals surface area contributed by atoms with Crippen molar-refractivity contribution < 1.29 is 67.0 Å². The number of tetrazole rings is 1. The van der Waals surface area contributed by atoms with Gasteiger partial charge in [0.05, 0.1) is 17.4 Å². The monoisotopic (exact) mass is 563 g/mol. The van der Waals surface area contributed by atoms with Gasteiger partial charge in [0.25, 0.3) is 5.91 Å². The number of halogens is 3. The van der Waals surface area contributed by atoms with Crippen LogP contribution in [0.4, 0.5) is 13.2 Å². The fourth-order valence-electron chi connectivity index (χ4n) is 3.34. The summed E-state index contributed by atoms with van der Waals surface area (Å²) in [5.74, 6) is -4.73. The molecule has 35 heavy (non-hydrogen) atoms. The molecule has 2 aliphatic rings. The van der Waals surface area contributed by atoms with Gasteiger partial charge in [-0.15, -0.1) is 16.9 Å². The molecule has 0 aliphatic carbocycles. The first kappa shape index (κ1) is 29.8. The van der Waals surface area contributed by atoms with Crippen LogP contribution in [0.1, 0.15) is 19.3 Å². The molecule has 3 amide bonds. The zero-order valence-corrected chi connectivity index (χ0v) is 22.5. The van der Waals surface area contributed by atoms with Gasteiger partial charge in [-0.1, -0.05) is 11.8 Å². The van der Waals surface area contributed by atoms with Gasteiger partial charge < -0.3 is 21.0 Å². The molecule has 4 N–H and O–H groups in total. The second-order valence-corrected chi connectivity index (χ2v) is 10.4.